The first-order chi connectivity index (χ1) is 10.2. The molecule has 2 atom stereocenters. The first-order valence-electron chi connectivity index (χ1n) is 8.18. The van der Waals surface area contributed by atoms with E-state index >= 15 is 0 Å². The van der Waals surface area contributed by atoms with Crippen LogP contribution in [-0.4, -0.2) is 47.6 Å². The standard InChI is InChI=1S/C16H29N5/c1-5-7-13-15(17-6-2)18-11-19-16(13)20-14-8-9-21(4)10-12(14)3/h11-12,14H,5-10H2,1-4H3,(H2,17,18,19,20). The third kappa shape index (κ3) is 4.06. The first-order valence-corrected chi connectivity index (χ1v) is 8.18. The van der Waals surface area contributed by atoms with Gasteiger partial charge < -0.3 is 15.5 Å². The van der Waals surface area contributed by atoms with Gasteiger partial charge in [0, 0.05) is 24.7 Å². The average molecular weight is 291 g/mol. The van der Waals surface area contributed by atoms with E-state index in [-0.39, 0.29) is 0 Å². The van der Waals surface area contributed by atoms with E-state index in [2.05, 4.69) is 53.3 Å². The third-order valence-electron chi connectivity index (χ3n) is 4.22. The molecule has 1 aliphatic heterocycles. The second-order valence-corrected chi connectivity index (χ2v) is 6.11. The normalized spacial score (nSPS) is 23.0. The number of hydrogen-bond donors (Lipinski definition) is 2. The van der Waals surface area contributed by atoms with Gasteiger partial charge in [-0.15, -0.1) is 0 Å². The fourth-order valence-electron chi connectivity index (χ4n) is 3.09. The molecule has 5 heteroatoms. The smallest absolute Gasteiger partial charge is 0.134 e. The highest BCUT2D eigenvalue weighted by Gasteiger charge is 2.25. The van der Waals surface area contributed by atoms with Crippen LogP contribution in [0.15, 0.2) is 6.33 Å². The lowest BCUT2D eigenvalue weighted by molar-refractivity contribution is 0.206. The maximum atomic E-state index is 4.51. The topological polar surface area (TPSA) is 53.1 Å². The third-order valence-corrected chi connectivity index (χ3v) is 4.22. The van der Waals surface area contributed by atoms with Crippen LogP contribution in [0.2, 0.25) is 0 Å². The lowest BCUT2D eigenvalue weighted by Gasteiger charge is -2.35. The molecule has 5 nitrogen and oxygen atoms in total. The highest BCUT2D eigenvalue weighted by Crippen LogP contribution is 2.25. The summed E-state index contributed by atoms with van der Waals surface area (Å²) in [6, 6.07) is 0.501. The highest BCUT2D eigenvalue weighted by molar-refractivity contribution is 5.57. The predicted octanol–water partition coefficient (Wildman–Crippen LogP) is 2.61. The Bertz CT molecular complexity index is 448. The monoisotopic (exact) mass is 291 g/mol. The van der Waals surface area contributed by atoms with E-state index in [9.17, 15) is 0 Å². The Kier molecular flexibility index (Phi) is 5.79. The Labute approximate surface area is 128 Å². The minimum absolute atomic E-state index is 0.501. The fourth-order valence-corrected chi connectivity index (χ4v) is 3.09. The van der Waals surface area contributed by atoms with E-state index in [4.69, 9.17) is 0 Å². The highest BCUT2D eigenvalue weighted by atomic mass is 15.1. The molecule has 1 fully saturated rings. The van der Waals surface area contributed by atoms with Crippen LogP contribution in [0.5, 0.6) is 0 Å². The summed E-state index contributed by atoms with van der Waals surface area (Å²) >= 11 is 0. The molecule has 0 aliphatic carbocycles. The van der Waals surface area contributed by atoms with Gasteiger partial charge in [0.2, 0.25) is 0 Å². The van der Waals surface area contributed by atoms with Crippen LogP contribution >= 0.6 is 0 Å². The number of aromatic nitrogens is 2. The lowest BCUT2D eigenvalue weighted by atomic mass is 9.94. The molecular formula is C16H29N5. The molecule has 118 valence electrons. The number of nitrogens with zero attached hydrogens (tertiary/aromatic N) is 3. The van der Waals surface area contributed by atoms with Crippen LogP contribution in [0.4, 0.5) is 11.6 Å². The van der Waals surface area contributed by atoms with Crippen molar-refractivity contribution in [3.05, 3.63) is 11.9 Å². The molecule has 1 saturated heterocycles. The maximum absolute atomic E-state index is 4.51. The second-order valence-electron chi connectivity index (χ2n) is 6.11. The molecule has 2 N–H and O–H groups in total. The summed E-state index contributed by atoms with van der Waals surface area (Å²) in [6.45, 7) is 9.80. The minimum atomic E-state index is 0.501. The van der Waals surface area contributed by atoms with Crippen molar-refractivity contribution in [2.24, 2.45) is 5.92 Å². The molecule has 2 rings (SSSR count). The number of piperidine rings is 1. The summed E-state index contributed by atoms with van der Waals surface area (Å²) in [6.07, 6.45) is 4.94. The van der Waals surface area contributed by atoms with Crippen molar-refractivity contribution in [1.82, 2.24) is 14.9 Å². The largest absolute Gasteiger partial charge is 0.370 e. The van der Waals surface area contributed by atoms with E-state index in [1.165, 1.54) is 12.0 Å². The predicted molar refractivity (Wildman–Crippen MR) is 88.9 cm³/mol. The number of likely N-dealkylation sites (tertiary alicyclic amines) is 1. The summed E-state index contributed by atoms with van der Waals surface area (Å²) in [7, 11) is 2.20. The van der Waals surface area contributed by atoms with E-state index < -0.39 is 0 Å². The Morgan fingerprint density at radius 1 is 1.29 bits per heavy atom. The molecule has 2 unspecified atom stereocenters. The van der Waals surface area contributed by atoms with Crippen LogP contribution in [0.25, 0.3) is 0 Å². The zero-order valence-electron chi connectivity index (χ0n) is 13.8. The Morgan fingerprint density at radius 3 is 2.71 bits per heavy atom. The average Bonchev–Trinajstić information content (AvgIpc) is 2.45. The second kappa shape index (κ2) is 7.59. The van der Waals surface area contributed by atoms with Crippen LogP contribution in [-0.2, 0) is 6.42 Å². The number of nitrogens with one attached hydrogen (secondary N) is 2. The summed E-state index contributed by atoms with van der Waals surface area (Å²) < 4.78 is 0. The van der Waals surface area contributed by atoms with Gasteiger partial charge in [-0.25, -0.2) is 9.97 Å². The summed E-state index contributed by atoms with van der Waals surface area (Å²) in [5.74, 6) is 2.64. The van der Waals surface area contributed by atoms with Gasteiger partial charge in [-0.05, 0) is 39.3 Å². The number of hydrogen-bond acceptors (Lipinski definition) is 5. The van der Waals surface area contributed by atoms with Crippen molar-refractivity contribution >= 4 is 11.6 Å². The molecule has 2 heterocycles. The zero-order chi connectivity index (χ0) is 15.2. The van der Waals surface area contributed by atoms with Gasteiger partial charge >= 0.3 is 0 Å². The molecule has 1 aromatic rings. The van der Waals surface area contributed by atoms with Gasteiger partial charge in [-0.2, -0.15) is 0 Å². The molecule has 0 saturated carbocycles. The number of rotatable bonds is 6. The molecule has 0 bridgehead atoms. The van der Waals surface area contributed by atoms with Crippen molar-refractivity contribution < 1.29 is 0 Å². The summed E-state index contributed by atoms with van der Waals surface area (Å²) in [5, 5.41) is 7.04. The summed E-state index contributed by atoms with van der Waals surface area (Å²) in [4.78, 5) is 11.3. The Morgan fingerprint density at radius 2 is 2.05 bits per heavy atom. The molecule has 21 heavy (non-hydrogen) atoms. The van der Waals surface area contributed by atoms with Gasteiger partial charge in [0.25, 0.3) is 0 Å². The van der Waals surface area contributed by atoms with E-state index in [0.717, 1.165) is 44.1 Å². The van der Waals surface area contributed by atoms with Gasteiger partial charge in [-0.1, -0.05) is 20.3 Å². The molecular weight excluding hydrogens is 262 g/mol. The lowest BCUT2D eigenvalue weighted by Crippen LogP contribution is -2.43. The van der Waals surface area contributed by atoms with Crippen LogP contribution in [0.1, 0.15) is 39.2 Å². The van der Waals surface area contributed by atoms with Gasteiger partial charge in [0.1, 0.15) is 18.0 Å². The molecule has 1 aromatic heterocycles. The zero-order valence-corrected chi connectivity index (χ0v) is 13.8. The van der Waals surface area contributed by atoms with E-state index in [1.54, 1.807) is 6.33 Å². The maximum Gasteiger partial charge on any atom is 0.134 e. The Balaban J connectivity index is 2.16. The van der Waals surface area contributed by atoms with Gasteiger partial charge in [-0.3, -0.25) is 0 Å². The van der Waals surface area contributed by atoms with E-state index in [1.807, 2.05) is 0 Å². The van der Waals surface area contributed by atoms with Crippen LogP contribution < -0.4 is 10.6 Å². The first kappa shape index (κ1) is 16.0. The molecule has 0 amide bonds. The molecule has 0 spiro atoms. The van der Waals surface area contributed by atoms with Crippen LogP contribution in [0.3, 0.4) is 0 Å². The van der Waals surface area contributed by atoms with Crippen LogP contribution in [0, 0.1) is 5.92 Å². The van der Waals surface area contributed by atoms with Crippen molar-refractivity contribution in [1.29, 1.82) is 0 Å². The molecule has 0 radical (unpaired) electrons. The van der Waals surface area contributed by atoms with Gasteiger partial charge in [0.05, 0.1) is 0 Å². The fraction of sp³-hybridized carbons (Fsp3) is 0.750. The molecule has 0 aromatic carbocycles. The van der Waals surface area contributed by atoms with Gasteiger partial charge in [0.15, 0.2) is 0 Å². The van der Waals surface area contributed by atoms with Crippen molar-refractivity contribution in [2.45, 2.75) is 46.1 Å². The summed E-state index contributed by atoms with van der Waals surface area (Å²) in [5.41, 5.74) is 1.23. The van der Waals surface area contributed by atoms with Crippen molar-refractivity contribution in [2.75, 3.05) is 37.3 Å². The van der Waals surface area contributed by atoms with E-state index in [0.29, 0.717) is 12.0 Å². The van der Waals surface area contributed by atoms with Crippen molar-refractivity contribution in [3.63, 3.8) is 0 Å². The quantitative estimate of drug-likeness (QED) is 0.844. The van der Waals surface area contributed by atoms with Crippen molar-refractivity contribution in [3.8, 4) is 0 Å². The minimum Gasteiger partial charge on any atom is -0.370 e. The SMILES string of the molecule is CCCc1c(NCC)ncnc1NC1CCN(C)CC1C. The number of anilines is 2. The molecule has 1 aliphatic rings. The Hall–Kier alpha value is -1.36.